The van der Waals surface area contributed by atoms with E-state index in [1.54, 1.807) is 25.1 Å². The summed E-state index contributed by atoms with van der Waals surface area (Å²) < 4.78 is 5.37. The molecule has 0 aliphatic heterocycles. The smallest absolute Gasteiger partial charge is 0.338 e. The van der Waals surface area contributed by atoms with Gasteiger partial charge in [0.2, 0.25) is 5.91 Å². The summed E-state index contributed by atoms with van der Waals surface area (Å²) in [5.41, 5.74) is 7.13. The molecule has 4 rings (SSSR count). The minimum Gasteiger partial charge on any atom is -0.462 e. The van der Waals surface area contributed by atoms with Gasteiger partial charge in [0.25, 0.3) is 0 Å². The highest BCUT2D eigenvalue weighted by Gasteiger charge is 2.51. The third-order valence-corrected chi connectivity index (χ3v) is 7.07. The molecule has 1 aromatic rings. The number of anilines is 2. The molecule has 3 aliphatic rings. The number of hydrogen-bond acceptors (Lipinski definition) is 4. The van der Waals surface area contributed by atoms with E-state index in [1.807, 2.05) is 0 Å². The van der Waals surface area contributed by atoms with Crippen LogP contribution in [0.4, 0.5) is 11.4 Å². The van der Waals surface area contributed by atoms with Crippen LogP contribution in [0.1, 0.15) is 55.8 Å². The summed E-state index contributed by atoms with van der Waals surface area (Å²) >= 11 is 2.57. The van der Waals surface area contributed by atoms with E-state index in [4.69, 9.17) is 10.5 Å². The minimum atomic E-state index is -0.404. The van der Waals surface area contributed by atoms with Gasteiger partial charge in [-0.2, -0.15) is 0 Å². The quantitative estimate of drug-likeness (QED) is 0.321. The molecule has 3 fully saturated rings. The molecule has 0 atom stereocenters. The third-order valence-electron chi connectivity index (χ3n) is 5.45. The van der Waals surface area contributed by atoms with E-state index in [-0.39, 0.29) is 11.3 Å². The summed E-state index contributed by atoms with van der Waals surface area (Å²) in [6, 6.07) is 4.88. The lowest BCUT2D eigenvalue weighted by Crippen LogP contribution is -2.48. The van der Waals surface area contributed by atoms with Crippen molar-refractivity contribution in [1.82, 2.24) is 0 Å². The summed E-state index contributed by atoms with van der Waals surface area (Å²) in [5.74, 6) is -0.338. The lowest BCUT2D eigenvalue weighted by atomic mass is 9.60. The molecule has 0 aromatic heterocycles. The van der Waals surface area contributed by atoms with Crippen LogP contribution < -0.4 is 11.1 Å². The van der Waals surface area contributed by atoms with Crippen molar-refractivity contribution in [3.63, 3.8) is 0 Å². The molecule has 1 aromatic carbocycles. The normalized spacial score (nSPS) is 28.4. The van der Waals surface area contributed by atoms with Gasteiger partial charge in [-0.25, -0.2) is 4.79 Å². The lowest BCUT2D eigenvalue weighted by Gasteiger charge is -2.49. The number of carbonyl (C=O) groups is 2. The van der Waals surface area contributed by atoms with Crippen molar-refractivity contribution in [2.24, 2.45) is 5.41 Å². The molecule has 0 saturated heterocycles. The SMILES string of the molecule is CCOC(=O)c1ccc(NC(=O)C23CCC(I)(CC2)CC3)c(N)c1. The number of nitrogens with one attached hydrogen (secondary N) is 1. The van der Waals surface area contributed by atoms with Crippen LogP contribution in [0.3, 0.4) is 0 Å². The molecule has 6 heteroatoms. The van der Waals surface area contributed by atoms with E-state index in [2.05, 4.69) is 27.9 Å². The minimum absolute atomic E-state index is 0.0660. The number of nitrogens with two attached hydrogens (primary N) is 1. The number of hydrogen-bond donors (Lipinski definition) is 2. The van der Waals surface area contributed by atoms with Crippen molar-refractivity contribution < 1.29 is 14.3 Å². The summed E-state index contributed by atoms with van der Waals surface area (Å²) in [5, 5.41) is 2.99. The van der Waals surface area contributed by atoms with Crippen LogP contribution in [-0.2, 0) is 9.53 Å². The molecule has 130 valence electrons. The Kier molecular flexibility index (Phi) is 4.77. The Morgan fingerprint density at radius 2 is 1.83 bits per heavy atom. The molecule has 3 N–H and O–H groups in total. The second-order valence-corrected chi connectivity index (χ2v) is 9.20. The van der Waals surface area contributed by atoms with Crippen molar-refractivity contribution in [1.29, 1.82) is 0 Å². The predicted molar refractivity (Wildman–Crippen MR) is 102 cm³/mol. The van der Waals surface area contributed by atoms with Crippen molar-refractivity contribution >= 4 is 45.8 Å². The Bertz CT molecular complexity index is 650. The Balaban J connectivity index is 1.72. The number of ether oxygens (including phenoxy) is 1. The maximum Gasteiger partial charge on any atom is 0.338 e. The van der Waals surface area contributed by atoms with Gasteiger partial charge in [0.1, 0.15) is 0 Å². The molecule has 24 heavy (non-hydrogen) atoms. The molecule has 2 bridgehead atoms. The van der Waals surface area contributed by atoms with Gasteiger partial charge >= 0.3 is 5.97 Å². The van der Waals surface area contributed by atoms with Gasteiger partial charge in [-0.3, -0.25) is 4.79 Å². The number of benzene rings is 1. The average molecular weight is 442 g/mol. The maximum absolute atomic E-state index is 12.9. The van der Waals surface area contributed by atoms with E-state index >= 15 is 0 Å². The molecule has 0 spiro atoms. The van der Waals surface area contributed by atoms with Gasteiger partial charge in [0.05, 0.1) is 23.5 Å². The fourth-order valence-corrected chi connectivity index (χ4v) is 4.56. The van der Waals surface area contributed by atoms with E-state index in [0.29, 0.717) is 27.0 Å². The first kappa shape index (κ1) is 17.5. The number of rotatable bonds is 4. The topological polar surface area (TPSA) is 81.4 Å². The summed E-state index contributed by atoms with van der Waals surface area (Å²) in [7, 11) is 0. The van der Waals surface area contributed by atoms with Gasteiger partial charge in [-0.15, -0.1) is 0 Å². The molecular weight excluding hydrogens is 419 g/mol. The van der Waals surface area contributed by atoms with E-state index in [0.717, 1.165) is 38.5 Å². The molecule has 5 nitrogen and oxygen atoms in total. The summed E-state index contributed by atoms with van der Waals surface area (Å²) in [6.45, 7) is 2.08. The van der Waals surface area contributed by atoms with Crippen LogP contribution >= 0.6 is 22.6 Å². The Labute approximate surface area is 155 Å². The highest BCUT2D eigenvalue weighted by Crippen LogP contribution is 2.56. The molecule has 3 aliphatic carbocycles. The molecule has 0 radical (unpaired) electrons. The number of carbonyl (C=O) groups excluding carboxylic acids is 2. The van der Waals surface area contributed by atoms with Gasteiger partial charge in [0.15, 0.2) is 0 Å². The number of alkyl halides is 1. The van der Waals surface area contributed by atoms with Crippen LogP contribution in [-0.4, -0.2) is 21.9 Å². The van der Waals surface area contributed by atoms with Crippen LogP contribution in [0.15, 0.2) is 18.2 Å². The van der Waals surface area contributed by atoms with E-state index in [1.165, 1.54) is 0 Å². The van der Waals surface area contributed by atoms with Gasteiger partial charge < -0.3 is 15.8 Å². The Morgan fingerprint density at radius 1 is 1.21 bits per heavy atom. The zero-order valence-electron chi connectivity index (χ0n) is 13.9. The summed E-state index contributed by atoms with van der Waals surface area (Å²) in [4.78, 5) is 24.6. The number of esters is 1. The number of fused-ring (bicyclic) bond motifs is 3. The molecule has 3 saturated carbocycles. The Hall–Kier alpha value is -1.31. The average Bonchev–Trinajstić information content (AvgIpc) is 2.57. The molecule has 0 heterocycles. The van der Waals surface area contributed by atoms with Gasteiger partial charge in [-0.05, 0) is 63.6 Å². The first-order valence-corrected chi connectivity index (χ1v) is 9.52. The van der Waals surface area contributed by atoms with Crippen LogP contribution in [0, 0.1) is 5.41 Å². The lowest BCUT2D eigenvalue weighted by molar-refractivity contribution is -0.130. The number of nitrogen functional groups attached to an aromatic ring is 1. The van der Waals surface area contributed by atoms with E-state index < -0.39 is 5.97 Å². The largest absolute Gasteiger partial charge is 0.462 e. The van der Waals surface area contributed by atoms with Crippen LogP contribution in [0.25, 0.3) is 0 Å². The highest BCUT2D eigenvalue weighted by atomic mass is 127. The monoisotopic (exact) mass is 442 g/mol. The van der Waals surface area contributed by atoms with Crippen molar-refractivity contribution in [3.8, 4) is 0 Å². The maximum atomic E-state index is 12.9. The second-order valence-electron chi connectivity index (χ2n) is 6.91. The van der Waals surface area contributed by atoms with E-state index in [9.17, 15) is 9.59 Å². The number of amides is 1. The standard InChI is InChI=1S/C18H23IN2O3/c1-2-24-15(22)12-3-4-14(13(20)11-12)21-16(23)17-5-8-18(19,9-6-17)10-7-17/h3-4,11H,2,5-10,20H2,1H3,(H,21,23). The molecule has 1 amide bonds. The van der Waals surface area contributed by atoms with Gasteiger partial charge in [-0.1, -0.05) is 22.6 Å². The fraction of sp³-hybridized carbons (Fsp3) is 0.556. The molecular formula is C18H23IN2O3. The zero-order chi connectivity index (χ0) is 17.4. The van der Waals surface area contributed by atoms with Crippen molar-refractivity contribution in [2.75, 3.05) is 17.7 Å². The van der Waals surface area contributed by atoms with Gasteiger partial charge in [0, 0.05) is 8.84 Å². The first-order chi connectivity index (χ1) is 11.4. The molecule has 0 unspecified atom stereocenters. The van der Waals surface area contributed by atoms with Crippen LogP contribution in [0.5, 0.6) is 0 Å². The van der Waals surface area contributed by atoms with Crippen molar-refractivity contribution in [2.45, 2.75) is 48.9 Å². The third kappa shape index (κ3) is 3.25. The highest BCUT2D eigenvalue weighted by molar-refractivity contribution is 14.1. The van der Waals surface area contributed by atoms with Crippen molar-refractivity contribution in [3.05, 3.63) is 23.8 Å². The summed E-state index contributed by atoms with van der Waals surface area (Å²) in [6.07, 6.45) is 6.17. The van der Waals surface area contributed by atoms with Crippen LogP contribution in [0.2, 0.25) is 0 Å². The fourth-order valence-electron chi connectivity index (χ4n) is 3.75. The predicted octanol–water partition coefficient (Wildman–Crippen LogP) is 3.91. The number of halogens is 1. The Morgan fingerprint density at radius 3 is 2.38 bits per heavy atom. The zero-order valence-corrected chi connectivity index (χ0v) is 16.0. The first-order valence-electron chi connectivity index (χ1n) is 8.45. The second kappa shape index (κ2) is 6.54.